The van der Waals surface area contributed by atoms with Crippen LogP contribution in [-0.2, 0) is 4.79 Å². The summed E-state index contributed by atoms with van der Waals surface area (Å²) in [5, 5.41) is 9.40. The monoisotopic (exact) mass is 208 g/mol. The molecule has 0 heterocycles. The van der Waals surface area contributed by atoms with E-state index in [9.17, 15) is 14.7 Å². The van der Waals surface area contributed by atoms with Crippen molar-refractivity contribution in [1.29, 1.82) is 0 Å². The number of hydrogen-bond acceptors (Lipinski definition) is 3. The number of phenols is 1. The number of nitrogens with zero attached hydrogens (tertiary/aromatic N) is 1. The number of carbonyl (C=O) groups is 2. The number of benzene rings is 1. The Morgan fingerprint density at radius 2 is 2.00 bits per heavy atom. The number of hydrogen-bond donors (Lipinski definition) is 2. The number of aromatic hydroxyl groups is 1. The second-order valence-electron chi connectivity index (χ2n) is 3.14. The van der Waals surface area contributed by atoms with Gasteiger partial charge in [-0.05, 0) is 12.1 Å². The van der Waals surface area contributed by atoms with E-state index >= 15 is 0 Å². The van der Waals surface area contributed by atoms with Crippen LogP contribution in [-0.4, -0.2) is 35.4 Å². The van der Waals surface area contributed by atoms with E-state index in [1.54, 1.807) is 12.1 Å². The summed E-state index contributed by atoms with van der Waals surface area (Å²) in [7, 11) is 1.44. The third-order valence-electron chi connectivity index (χ3n) is 1.87. The molecule has 0 saturated heterocycles. The Morgan fingerprint density at radius 3 is 2.53 bits per heavy atom. The number of amides is 2. The first-order valence-electron chi connectivity index (χ1n) is 4.34. The van der Waals surface area contributed by atoms with Crippen LogP contribution < -0.4 is 5.73 Å². The zero-order valence-corrected chi connectivity index (χ0v) is 8.30. The fourth-order valence-electron chi connectivity index (χ4n) is 1.17. The predicted molar refractivity (Wildman–Crippen MR) is 54.3 cm³/mol. The lowest BCUT2D eigenvalue weighted by atomic mass is 10.2. The zero-order chi connectivity index (χ0) is 11.4. The summed E-state index contributed by atoms with van der Waals surface area (Å²) >= 11 is 0. The number of phenolic OH excluding ortho intramolecular Hbond substituents is 1. The maximum absolute atomic E-state index is 11.7. The van der Waals surface area contributed by atoms with Gasteiger partial charge in [0.2, 0.25) is 5.91 Å². The van der Waals surface area contributed by atoms with Crippen LogP contribution in [0.5, 0.6) is 5.75 Å². The highest BCUT2D eigenvalue weighted by atomic mass is 16.3. The van der Waals surface area contributed by atoms with Gasteiger partial charge in [0.1, 0.15) is 5.75 Å². The van der Waals surface area contributed by atoms with Crippen LogP contribution in [0.25, 0.3) is 0 Å². The predicted octanol–water partition coefficient (Wildman–Crippen LogP) is -0.0505. The smallest absolute Gasteiger partial charge is 0.257 e. The number of nitrogens with two attached hydrogens (primary N) is 1. The van der Waals surface area contributed by atoms with E-state index < -0.39 is 11.8 Å². The molecular weight excluding hydrogens is 196 g/mol. The summed E-state index contributed by atoms with van der Waals surface area (Å²) in [6.45, 7) is -0.173. The molecule has 0 unspecified atom stereocenters. The summed E-state index contributed by atoms with van der Waals surface area (Å²) in [5.41, 5.74) is 5.11. The van der Waals surface area contributed by atoms with Crippen molar-refractivity contribution in [1.82, 2.24) is 4.90 Å². The van der Waals surface area contributed by atoms with Crippen molar-refractivity contribution >= 4 is 11.8 Å². The minimum Gasteiger partial charge on any atom is -0.507 e. The third-order valence-corrected chi connectivity index (χ3v) is 1.87. The lowest BCUT2D eigenvalue weighted by molar-refractivity contribution is -0.118. The molecule has 0 aliphatic rings. The van der Waals surface area contributed by atoms with Crippen molar-refractivity contribution in [2.75, 3.05) is 13.6 Å². The molecule has 1 rings (SSSR count). The average molecular weight is 208 g/mol. The summed E-state index contributed by atoms with van der Waals surface area (Å²) in [6, 6.07) is 6.13. The van der Waals surface area contributed by atoms with Gasteiger partial charge >= 0.3 is 0 Å². The highest BCUT2D eigenvalue weighted by molar-refractivity contribution is 5.98. The Bertz CT molecular complexity index is 390. The molecule has 0 spiro atoms. The Hall–Kier alpha value is -2.04. The molecule has 0 saturated carbocycles. The van der Waals surface area contributed by atoms with E-state index in [0.717, 1.165) is 4.90 Å². The van der Waals surface area contributed by atoms with Crippen LogP contribution in [0.1, 0.15) is 10.4 Å². The first-order valence-corrected chi connectivity index (χ1v) is 4.34. The lowest BCUT2D eigenvalue weighted by Gasteiger charge is -2.15. The fraction of sp³-hybridized carbons (Fsp3) is 0.200. The Labute approximate surface area is 87.1 Å². The van der Waals surface area contributed by atoms with Crippen molar-refractivity contribution in [2.24, 2.45) is 5.73 Å². The molecule has 0 bridgehead atoms. The van der Waals surface area contributed by atoms with Gasteiger partial charge in [-0.25, -0.2) is 0 Å². The van der Waals surface area contributed by atoms with Gasteiger partial charge in [-0.3, -0.25) is 9.59 Å². The number of para-hydroxylation sites is 1. The van der Waals surface area contributed by atoms with Gasteiger partial charge < -0.3 is 15.7 Å². The molecule has 1 aromatic carbocycles. The van der Waals surface area contributed by atoms with E-state index in [0.29, 0.717) is 0 Å². The summed E-state index contributed by atoms with van der Waals surface area (Å²) < 4.78 is 0. The number of likely N-dealkylation sites (N-methyl/N-ethyl adjacent to an activating group) is 1. The summed E-state index contributed by atoms with van der Waals surface area (Å²) in [4.78, 5) is 23.4. The molecule has 80 valence electrons. The topological polar surface area (TPSA) is 83.6 Å². The lowest BCUT2D eigenvalue weighted by Crippen LogP contribution is -2.35. The van der Waals surface area contributed by atoms with Gasteiger partial charge in [0.15, 0.2) is 0 Å². The highest BCUT2D eigenvalue weighted by Gasteiger charge is 2.16. The Balaban J connectivity index is 2.85. The van der Waals surface area contributed by atoms with Crippen LogP contribution in [0, 0.1) is 0 Å². The number of primary amides is 1. The number of rotatable bonds is 3. The maximum Gasteiger partial charge on any atom is 0.257 e. The van der Waals surface area contributed by atoms with Crippen molar-refractivity contribution in [3.8, 4) is 5.75 Å². The quantitative estimate of drug-likeness (QED) is 0.730. The van der Waals surface area contributed by atoms with Crippen LogP contribution in [0.15, 0.2) is 24.3 Å². The van der Waals surface area contributed by atoms with Crippen LogP contribution in [0.4, 0.5) is 0 Å². The second kappa shape index (κ2) is 4.45. The van der Waals surface area contributed by atoms with Crippen molar-refractivity contribution < 1.29 is 14.7 Å². The molecule has 0 fully saturated rings. The van der Waals surface area contributed by atoms with E-state index in [1.807, 2.05) is 0 Å². The normalized spacial score (nSPS) is 9.67. The van der Waals surface area contributed by atoms with E-state index in [1.165, 1.54) is 19.2 Å². The zero-order valence-electron chi connectivity index (χ0n) is 8.30. The maximum atomic E-state index is 11.7. The molecule has 0 aliphatic heterocycles. The van der Waals surface area contributed by atoms with Crippen LogP contribution in [0.2, 0.25) is 0 Å². The SMILES string of the molecule is CN(CC(N)=O)C(=O)c1ccccc1O. The molecule has 3 N–H and O–H groups in total. The minimum atomic E-state index is -0.596. The average Bonchev–Trinajstić information content (AvgIpc) is 2.16. The molecule has 5 heteroatoms. The molecule has 15 heavy (non-hydrogen) atoms. The first-order chi connectivity index (χ1) is 7.02. The van der Waals surface area contributed by atoms with E-state index in [2.05, 4.69) is 0 Å². The van der Waals surface area contributed by atoms with E-state index in [4.69, 9.17) is 5.73 Å². The van der Waals surface area contributed by atoms with Crippen molar-refractivity contribution in [2.45, 2.75) is 0 Å². The molecule has 0 aliphatic carbocycles. The van der Waals surface area contributed by atoms with Crippen LogP contribution in [0.3, 0.4) is 0 Å². The van der Waals surface area contributed by atoms with E-state index in [-0.39, 0.29) is 17.9 Å². The standard InChI is InChI=1S/C10H12N2O3/c1-12(6-9(11)14)10(15)7-4-2-3-5-8(7)13/h2-5,13H,6H2,1H3,(H2,11,14). The summed E-state index contributed by atoms with van der Waals surface area (Å²) in [5.74, 6) is -1.15. The molecule has 0 aromatic heterocycles. The fourth-order valence-corrected chi connectivity index (χ4v) is 1.17. The molecule has 0 atom stereocenters. The second-order valence-corrected chi connectivity index (χ2v) is 3.14. The summed E-state index contributed by atoms with van der Waals surface area (Å²) in [6.07, 6.45) is 0. The highest BCUT2D eigenvalue weighted by Crippen LogP contribution is 2.16. The Kier molecular flexibility index (Phi) is 3.28. The van der Waals surface area contributed by atoms with Crippen molar-refractivity contribution in [3.63, 3.8) is 0 Å². The minimum absolute atomic E-state index is 0.112. The third kappa shape index (κ3) is 2.70. The van der Waals surface area contributed by atoms with Crippen molar-refractivity contribution in [3.05, 3.63) is 29.8 Å². The number of carbonyl (C=O) groups excluding carboxylic acids is 2. The molecule has 2 amide bonds. The largest absolute Gasteiger partial charge is 0.507 e. The van der Waals surface area contributed by atoms with Crippen LogP contribution >= 0.6 is 0 Å². The molecular formula is C10H12N2O3. The molecule has 5 nitrogen and oxygen atoms in total. The van der Waals surface area contributed by atoms with Gasteiger partial charge in [-0.15, -0.1) is 0 Å². The van der Waals surface area contributed by atoms with Gasteiger partial charge in [0, 0.05) is 7.05 Å². The Morgan fingerprint density at radius 1 is 1.40 bits per heavy atom. The van der Waals surface area contributed by atoms with Gasteiger partial charge in [0.05, 0.1) is 12.1 Å². The molecule has 1 aromatic rings. The first kappa shape index (κ1) is 11.0. The molecule has 0 radical (unpaired) electrons. The van der Waals surface area contributed by atoms with Gasteiger partial charge in [0.25, 0.3) is 5.91 Å². The van der Waals surface area contributed by atoms with Gasteiger partial charge in [-0.2, -0.15) is 0 Å². The van der Waals surface area contributed by atoms with Gasteiger partial charge in [-0.1, -0.05) is 12.1 Å².